The number of benzene rings is 1. The van der Waals surface area contributed by atoms with Gasteiger partial charge in [0, 0.05) is 35.4 Å². The summed E-state index contributed by atoms with van der Waals surface area (Å²) in [4.78, 5) is 18.6. The Balaban J connectivity index is 1.43. The zero-order chi connectivity index (χ0) is 24.2. The molecule has 10 heteroatoms. The number of rotatable bonds is 5. The summed E-state index contributed by atoms with van der Waals surface area (Å²) in [6.45, 7) is 2.75. The fourth-order valence-electron chi connectivity index (χ4n) is 4.26. The van der Waals surface area contributed by atoms with Crippen LogP contribution in [0.25, 0.3) is 16.5 Å². The van der Waals surface area contributed by atoms with E-state index >= 15 is 0 Å². The zero-order valence-corrected chi connectivity index (χ0v) is 19.9. The number of anilines is 1. The van der Waals surface area contributed by atoms with Gasteiger partial charge in [0.2, 0.25) is 11.7 Å². The predicted octanol–water partition coefficient (Wildman–Crippen LogP) is 5.10. The van der Waals surface area contributed by atoms with Gasteiger partial charge in [-0.15, -0.1) is 0 Å². The van der Waals surface area contributed by atoms with Gasteiger partial charge in [0.25, 0.3) is 0 Å². The summed E-state index contributed by atoms with van der Waals surface area (Å²) in [5.41, 5.74) is 14.1. The molecule has 0 radical (unpaired) electrons. The van der Waals surface area contributed by atoms with Crippen LogP contribution in [0.5, 0.6) is 5.75 Å². The second kappa shape index (κ2) is 8.45. The van der Waals surface area contributed by atoms with Gasteiger partial charge in [0.05, 0.1) is 22.2 Å². The highest BCUT2D eigenvalue weighted by Gasteiger charge is 2.48. The molecule has 0 saturated heterocycles. The van der Waals surface area contributed by atoms with Crippen molar-refractivity contribution in [2.75, 3.05) is 18.8 Å². The molecule has 1 saturated carbocycles. The molecule has 1 fully saturated rings. The van der Waals surface area contributed by atoms with Crippen LogP contribution in [0.2, 0.25) is 10.0 Å². The maximum Gasteiger partial charge on any atom is 0.242 e. The maximum absolute atomic E-state index is 14.0. The molecular weight excluding hydrogens is 482 g/mol. The summed E-state index contributed by atoms with van der Waals surface area (Å²) < 4.78 is 25.9. The van der Waals surface area contributed by atoms with E-state index in [9.17, 15) is 9.18 Å². The number of pyridine rings is 1. The van der Waals surface area contributed by atoms with E-state index in [-0.39, 0.29) is 27.5 Å². The molecule has 0 spiro atoms. The molecule has 7 nitrogen and oxygen atoms in total. The molecule has 3 heterocycles. The number of halogens is 3. The Morgan fingerprint density at radius 2 is 2.12 bits per heavy atom. The standard InChI is InChI=1S/C24H23Cl2FN4O3/c1-12(18-16(25)2-3-17(27)19(18)26)34-21-20-14(10-30-22(21)28)15(11-33-20)13-4-8-31(9-5-13)23(32)24(29)6-7-24/h2-4,10-12H,5-9,29H2,1H3,(H2,28,30)/t12-/m1/s1. The number of carbonyl (C=O) groups excluding carboxylic acids is 1. The van der Waals surface area contributed by atoms with Gasteiger partial charge >= 0.3 is 0 Å². The first kappa shape index (κ1) is 23.0. The van der Waals surface area contributed by atoms with E-state index in [2.05, 4.69) is 4.98 Å². The third-order valence-electron chi connectivity index (χ3n) is 6.44. The summed E-state index contributed by atoms with van der Waals surface area (Å²) in [5, 5.41) is 0.877. The molecular formula is C24H23Cl2FN4O3. The van der Waals surface area contributed by atoms with Crippen LogP contribution in [0, 0.1) is 5.82 Å². The van der Waals surface area contributed by atoms with Crippen LogP contribution in [0.3, 0.4) is 0 Å². The van der Waals surface area contributed by atoms with Crippen LogP contribution >= 0.6 is 23.2 Å². The number of nitrogen functional groups attached to an aromatic ring is 1. The number of hydrogen-bond donors (Lipinski definition) is 2. The van der Waals surface area contributed by atoms with Crippen LogP contribution in [-0.2, 0) is 4.79 Å². The number of furan rings is 1. The second-order valence-corrected chi connectivity index (χ2v) is 9.55. The lowest BCUT2D eigenvalue weighted by atomic mass is 9.99. The minimum absolute atomic E-state index is 0.00800. The fourth-order valence-corrected chi connectivity index (χ4v) is 4.93. The third kappa shape index (κ3) is 3.89. The molecule has 4 N–H and O–H groups in total. The number of carbonyl (C=O) groups is 1. The second-order valence-electron chi connectivity index (χ2n) is 8.77. The monoisotopic (exact) mass is 504 g/mol. The van der Waals surface area contributed by atoms with Gasteiger partial charge in [0.15, 0.2) is 11.4 Å². The number of amides is 1. The van der Waals surface area contributed by atoms with E-state index in [1.807, 2.05) is 6.08 Å². The molecule has 34 heavy (non-hydrogen) atoms. The molecule has 0 bridgehead atoms. The van der Waals surface area contributed by atoms with Crippen molar-refractivity contribution >= 4 is 51.5 Å². The van der Waals surface area contributed by atoms with E-state index in [1.165, 1.54) is 12.1 Å². The van der Waals surface area contributed by atoms with Gasteiger partial charge in [-0.3, -0.25) is 4.79 Å². The van der Waals surface area contributed by atoms with Gasteiger partial charge < -0.3 is 25.5 Å². The number of fused-ring (bicyclic) bond motifs is 1. The van der Waals surface area contributed by atoms with Gasteiger partial charge in [-0.05, 0) is 43.9 Å². The summed E-state index contributed by atoms with van der Waals surface area (Å²) in [7, 11) is 0. The summed E-state index contributed by atoms with van der Waals surface area (Å²) >= 11 is 12.4. The summed E-state index contributed by atoms with van der Waals surface area (Å²) in [6, 6.07) is 2.62. The van der Waals surface area contributed by atoms with Crippen molar-refractivity contribution in [3.8, 4) is 5.75 Å². The van der Waals surface area contributed by atoms with Crippen molar-refractivity contribution in [3.63, 3.8) is 0 Å². The molecule has 2 aliphatic rings. The molecule has 1 atom stereocenters. The summed E-state index contributed by atoms with van der Waals surface area (Å²) in [5.74, 6) is -0.246. The van der Waals surface area contributed by atoms with Crippen molar-refractivity contribution < 1.29 is 18.3 Å². The molecule has 2 aromatic heterocycles. The Morgan fingerprint density at radius 3 is 2.79 bits per heavy atom. The van der Waals surface area contributed by atoms with E-state index in [0.717, 1.165) is 29.4 Å². The smallest absolute Gasteiger partial charge is 0.242 e. The van der Waals surface area contributed by atoms with Gasteiger partial charge in [-0.1, -0.05) is 29.3 Å². The largest absolute Gasteiger partial charge is 0.478 e. The van der Waals surface area contributed by atoms with E-state index < -0.39 is 17.5 Å². The van der Waals surface area contributed by atoms with Crippen LogP contribution in [0.4, 0.5) is 10.2 Å². The lowest BCUT2D eigenvalue weighted by Gasteiger charge is -2.28. The molecule has 178 valence electrons. The Hall–Kier alpha value is -2.81. The van der Waals surface area contributed by atoms with Gasteiger partial charge in [-0.2, -0.15) is 0 Å². The number of nitrogens with zero attached hydrogens (tertiary/aromatic N) is 2. The van der Waals surface area contributed by atoms with Gasteiger partial charge in [-0.25, -0.2) is 9.37 Å². The molecule has 5 rings (SSSR count). The topological polar surface area (TPSA) is 108 Å². The highest BCUT2D eigenvalue weighted by atomic mass is 35.5. The van der Waals surface area contributed by atoms with Crippen molar-refractivity contribution in [2.45, 2.75) is 37.8 Å². The average molecular weight is 505 g/mol. The van der Waals surface area contributed by atoms with E-state index in [1.54, 1.807) is 24.3 Å². The minimum atomic E-state index is -0.724. The number of nitrogens with two attached hydrogens (primary N) is 2. The highest BCUT2D eigenvalue weighted by Crippen LogP contribution is 2.42. The number of aromatic nitrogens is 1. The van der Waals surface area contributed by atoms with Crippen molar-refractivity contribution in [1.29, 1.82) is 0 Å². The average Bonchev–Trinajstić information content (AvgIpc) is 3.43. The Bertz CT molecular complexity index is 1340. The van der Waals surface area contributed by atoms with Crippen LogP contribution in [-0.4, -0.2) is 34.4 Å². The van der Waals surface area contributed by atoms with Gasteiger partial charge in [0.1, 0.15) is 11.9 Å². The fraction of sp³-hybridized carbons (Fsp3) is 0.333. The van der Waals surface area contributed by atoms with Crippen molar-refractivity contribution in [3.05, 3.63) is 57.7 Å². The lowest BCUT2D eigenvalue weighted by Crippen LogP contribution is -2.47. The normalized spacial score (nSPS) is 18.0. The van der Waals surface area contributed by atoms with Crippen molar-refractivity contribution in [2.24, 2.45) is 5.73 Å². The first-order valence-corrected chi connectivity index (χ1v) is 11.7. The van der Waals surface area contributed by atoms with Crippen molar-refractivity contribution in [1.82, 2.24) is 9.88 Å². The van der Waals surface area contributed by atoms with E-state index in [0.29, 0.717) is 30.7 Å². The molecule has 0 unspecified atom stereocenters. The Kier molecular flexibility index (Phi) is 5.70. The van der Waals surface area contributed by atoms with Crippen LogP contribution < -0.4 is 16.2 Å². The highest BCUT2D eigenvalue weighted by molar-refractivity contribution is 6.36. The molecule has 3 aromatic rings. The SMILES string of the molecule is C[C@@H](Oc1c(N)ncc2c(C3=CCN(C(=O)C4(N)CC4)CC3)coc12)c1c(Cl)ccc(F)c1Cl. The third-order valence-corrected chi connectivity index (χ3v) is 7.15. The van der Waals surface area contributed by atoms with Crippen LogP contribution in [0.1, 0.15) is 43.4 Å². The van der Waals surface area contributed by atoms with Crippen LogP contribution in [0.15, 0.2) is 35.1 Å². The quantitative estimate of drug-likeness (QED) is 0.467. The molecule has 1 aliphatic carbocycles. The van der Waals surface area contributed by atoms with E-state index in [4.69, 9.17) is 43.8 Å². The Morgan fingerprint density at radius 1 is 1.35 bits per heavy atom. The Labute approximate surface area is 205 Å². The lowest BCUT2D eigenvalue weighted by molar-refractivity contribution is -0.133. The molecule has 1 aliphatic heterocycles. The first-order chi connectivity index (χ1) is 16.2. The minimum Gasteiger partial charge on any atom is -0.478 e. The number of hydrogen-bond acceptors (Lipinski definition) is 6. The predicted molar refractivity (Wildman–Crippen MR) is 129 cm³/mol. The molecule has 1 aromatic carbocycles. The number of ether oxygens (including phenoxy) is 1. The maximum atomic E-state index is 14.0. The zero-order valence-electron chi connectivity index (χ0n) is 18.4. The summed E-state index contributed by atoms with van der Waals surface area (Å²) in [6.07, 6.45) is 6.67. The molecule has 1 amide bonds. The first-order valence-electron chi connectivity index (χ1n) is 10.9.